The highest BCUT2D eigenvalue weighted by Gasteiger charge is 2.19. The summed E-state index contributed by atoms with van der Waals surface area (Å²) in [5, 5.41) is 8.93. The molecular formula is C11H15NO2. The van der Waals surface area contributed by atoms with Gasteiger partial charge in [0.1, 0.15) is 11.9 Å². The van der Waals surface area contributed by atoms with E-state index in [0.29, 0.717) is 0 Å². The van der Waals surface area contributed by atoms with Crippen LogP contribution in [0.4, 0.5) is 0 Å². The second-order valence-electron chi connectivity index (χ2n) is 3.79. The third-order valence-electron chi connectivity index (χ3n) is 2.54. The van der Waals surface area contributed by atoms with Crippen molar-refractivity contribution in [3.63, 3.8) is 0 Å². The average Bonchev–Trinajstić information content (AvgIpc) is 2.55. The van der Waals surface area contributed by atoms with Gasteiger partial charge in [0.25, 0.3) is 0 Å². The van der Waals surface area contributed by atoms with Gasteiger partial charge in [-0.3, -0.25) is 0 Å². The fraction of sp³-hybridized carbons (Fsp3) is 0.455. The number of aliphatic hydroxyl groups is 1. The van der Waals surface area contributed by atoms with E-state index in [2.05, 4.69) is 0 Å². The van der Waals surface area contributed by atoms with Crippen molar-refractivity contribution in [1.82, 2.24) is 0 Å². The molecule has 0 spiro atoms. The van der Waals surface area contributed by atoms with Crippen LogP contribution >= 0.6 is 0 Å². The minimum absolute atomic E-state index is 0.0187. The number of nitrogens with two attached hydrogens (primary N) is 1. The van der Waals surface area contributed by atoms with Gasteiger partial charge in [0.15, 0.2) is 0 Å². The molecule has 1 heterocycles. The van der Waals surface area contributed by atoms with Crippen LogP contribution in [0.3, 0.4) is 0 Å². The van der Waals surface area contributed by atoms with Crippen molar-refractivity contribution in [2.45, 2.75) is 25.5 Å². The Bertz CT molecular complexity index is 338. The van der Waals surface area contributed by atoms with Crippen LogP contribution in [0.2, 0.25) is 0 Å². The van der Waals surface area contributed by atoms with E-state index in [1.165, 1.54) is 5.56 Å². The molecule has 1 aliphatic heterocycles. The number of rotatable bonds is 2. The second-order valence-corrected chi connectivity index (χ2v) is 3.79. The molecule has 3 N–H and O–H groups in total. The number of hydrogen-bond donors (Lipinski definition) is 2. The molecule has 3 nitrogen and oxygen atoms in total. The molecule has 3 heteroatoms. The number of benzene rings is 1. The third-order valence-corrected chi connectivity index (χ3v) is 2.54. The molecule has 0 aromatic heterocycles. The van der Waals surface area contributed by atoms with Gasteiger partial charge in [-0.1, -0.05) is 12.1 Å². The monoisotopic (exact) mass is 193 g/mol. The lowest BCUT2D eigenvalue weighted by molar-refractivity contribution is 0.254. The molecule has 1 aromatic carbocycles. The van der Waals surface area contributed by atoms with Crippen LogP contribution in [-0.4, -0.2) is 17.8 Å². The van der Waals surface area contributed by atoms with E-state index in [0.717, 1.165) is 17.7 Å². The fourth-order valence-corrected chi connectivity index (χ4v) is 1.78. The fourth-order valence-electron chi connectivity index (χ4n) is 1.78. The highest BCUT2D eigenvalue weighted by atomic mass is 16.5. The van der Waals surface area contributed by atoms with Gasteiger partial charge >= 0.3 is 0 Å². The van der Waals surface area contributed by atoms with Crippen LogP contribution in [0.25, 0.3) is 0 Å². The molecule has 2 atom stereocenters. The summed E-state index contributed by atoms with van der Waals surface area (Å²) in [6.45, 7) is 2.03. The smallest absolute Gasteiger partial charge is 0.123 e. The van der Waals surface area contributed by atoms with Crippen LogP contribution in [0.1, 0.15) is 24.1 Å². The minimum atomic E-state index is -0.281. The minimum Gasteiger partial charge on any atom is -0.490 e. The lowest BCUT2D eigenvalue weighted by atomic mass is 10.0. The van der Waals surface area contributed by atoms with Crippen molar-refractivity contribution < 1.29 is 9.84 Å². The van der Waals surface area contributed by atoms with Gasteiger partial charge < -0.3 is 15.6 Å². The molecule has 0 aliphatic carbocycles. The number of fused-ring (bicyclic) bond motifs is 1. The Morgan fingerprint density at radius 2 is 2.43 bits per heavy atom. The quantitative estimate of drug-likeness (QED) is 0.736. The molecular weight excluding hydrogens is 178 g/mol. The maximum atomic E-state index is 8.93. The zero-order chi connectivity index (χ0) is 10.1. The zero-order valence-electron chi connectivity index (χ0n) is 8.23. The lowest BCUT2D eigenvalue weighted by Gasteiger charge is -2.09. The average molecular weight is 193 g/mol. The van der Waals surface area contributed by atoms with Crippen LogP contribution < -0.4 is 10.5 Å². The van der Waals surface area contributed by atoms with Crippen molar-refractivity contribution in [1.29, 1.82) is 0 Å². The molecule has 1 aliphatic rings. The van der Waals surface area contributed by atoms with Crippen LogP contribution in [0.5, 0.6) is 5.75 Å². The van der Waals surface area contributed by atoms with E-state index < -0.39 is 0 Å². The van der Waals surface area contributed by atoms with Gasteiger partial charge in [-0.2, -0.15) is 0 Å². The normalized spacial score (nSPS) is 21.5. The molecule has 0 amide bonds. The zero-order valence-corrected chi connectivity index (χ0v) is 8.23. The first kappa shape index (κ1) is 9.49. The van der Waals surface area contributed by atoms with Gasteiger partial charge in [-0.25, -0.2) is 0 Å². The molecule has 76 valence electrons. The topological polar surface area (TPSA) is 55.5 Å². The number of hydrogen-bond acceptors (Lipinski definition) is 3. The summed E-state index contributed by atoms with van der Waals surface area (Å²) in [4.78, 5) is 0. The van der Waals surface area contributed by atoms with Crippen LogP contribution in [0.15, 0.2) is 18.2 Å². The predicted molar refractivity (Wildman–Crippen MR) is 54.3 cm³/mol. The molecule has 0 fully saturated rings. The molecule has 0 saturated carbocycles. The molecule has 14 heavy (non-hydrogen) atoms. The Balaban J connectivity index is 2.28. The first-order valence-corrected chi connectivity index (χ1v) is 4.86. The number of aliphatic hydroxyl groups excluding tert-OH is 1. The molecule has 0 bridgehead atoms. The summed E-state index contributed by atoms with van der Waals surface area (Å²) in [5.74, 6) is 0.950. The highest BCUT2D eigenvalue weighted by Crippen LogP contribution is 2.30. The Hall–Kier alpha value is -1.06. The van der Waals surface area contributed by atoms with Crippen molar-refractivity contribution >= 4 is 0 Å². The van der Waals surface area contributed by atoms with Gasteiger partial charge in [-0.05, 0) is 24.1 Å². The van der Waals surface area contributed by atoms with Gasteiger partial charge in [0.2, 0.25) is 0 Å². The summed E-state index contributed by atoms with van der Waals surface area (Å²) in [6, 6.07) is 5.59. The van der Waals surface area contributed by atoms with E-state index in [1.807, 2.05) is 25.1 Å². The first-order chi connectivity index (χ1) is 6.70. The highest BCUT2D eigenvalue weighted by molar-refractivity contribution is 5.41. The van der Waals surface area contributed by atoms with Crippen LogP contribution in [-0.2, 0) is 6.42 Å². The summed E-state index contributed by atoms with van der Waals surface area (Å²) in [5.41, 5.74) is 7.90. The van der Waals surface area contributed by atoms with Crippen molar-refractivity contribution in [2.75, 3.05) is 6.61 Å². The van der Waals surface area contributed by atoms with Crippen molar-refractivity contribution in [3.8, 4) is 5.75 Å². The summed E-state index contributed by atoms with van der Waals surface area (Å²) < 4.78 is 5.57. The van der Waals surface area contributed by atoms with E-state index in [4.69, 9.17) is 15.6 Å². The Kier molecular flexibility index (Phi) is 2.44. The Morgan fingerprint density at radius 3 is 3.14 bits per heavy atom. The standard InChI is InChI=1S/C11H15NO2/c1-7-4-9-5-8(10(12)6-13)2-3-11(9)14-7/h2-3,5,7,10,13H,4,6,12H2,1H3/t7?,10-/m0/s1. The molecule has 1 unspecified atom stereocenters. The Labute approximate surface area is 83.5 Å². The SMILES string of the molecule is CC1Cc2cc([C@@H](N)CO)ccc2O1. The Morgan fingerprint density at radius 1 is 1.64 bits per heavy atom. The van der Waals surface area contributed by atoms with Gasteiger partial charge in [0, 0.05) is 6.42 Å². The van der Waals surface area contributed by atoms with Crippen molar-refractivity contribution in [3.05, 3.63) is 29.3 Å². The predicted octanol–water partition coefficient (Wildman–Crippen LogP) is 1.00. The van der Waals surface area contributed by atoms with E-state index in [9.17, 15) is 0 Å². The lowest BCUT2D eigenvalue weighted by Crippen LogP contribution is -2.14. The molecule has 2 rings (SSSR count). The van der Waals surface area contributed by atoms with E-state index in [1.54, 1.807) is 0 Å². The van der Waals surface area contributed by atoms with Gasteiger partial charge in [-0.15, -0.1) is 0 Å². The maximum absolute atomic E-state index is 8.93. The third kappa shape index (κ3) is 1.61. The van der Waals surface area contributed by atoms with Crippen molar-refractivity contribution in [2.24, 2.45) is 5.73 Å². The summed E-state index contributed by atoms with van der Waals surface area (Å²) in [7, 11) is 0. The molecule has 0 saturated heterocycles. The van der Waals surface area contributed by atoms with Gasteiger partial charge in [0.05, 0.1) is 12.6 Å². The van der Waals surface area contributed by atoms with E-state index >= 15 is 0 Å². The summed E-state index contributed by atoms with van der Waals surface area (Å²) in [6.07, 6.45) is 1.19. The number of ether oxygens (including phenoxy) is 1. The summed E-state index contributed by atoms with van der Waals surface area (Å²) >= 11 is 0. The molecule has 0 radical (unpaired) electrons. The molecule has 1 aromatic rings. The maximum Gasteiger partial charge on any atom is 0.123 e. The first-order valence-electron chi connectivity index (χ1n) is 4.86. The van der Waals surface area contributed by atoms with Crippen LogP contribution in [0, 0.1) is 0 Å². The largest absolute Gasteiger partial charge is 0.490 e. The second kappa shape index (κ2) is 3.59. The van der Waals surface area contributed by atoms with E-state index in [-0.39, 0.29) is 18.8 Å².